The highest BCUT2D eigenvalue weighted by Crippen LogP contribution is 2.26. The van der Waals surface area contributed by atoms with Crippen molar-refractivity contribution in [2.75, 3.05) is 7.11 Å². The van der Waals surface area contributed by atoms with Crippen LogP contribution in [0.3, 0.4) is 0 Å². The Hall–Kier alpha value is -3.66. The van der Waals surface area contributed by atoms with Crippen molar-refractivity contribution in [3.8, 4) is 17.0 Å². The fraction of sp³-hybridized carbons (Fsp3) is 0.241. The van der Waals surface area contributed by atoms with Crippen molar-refractivity contribution in [1.29, 1.82) is 0 Å². The first-order chi connectivity index (χ1) is 15.9. The van der Waals surface area contributed by atoms with Crippen LogP contribution < -0.4 is 10.1 Å². The number of carbonyl (C=O) groups excluding carboxylic acids is 1. The summed E-state index contributed by atoms with van der Waals surface area (Å²) in [6, 6.07) is 25.8. The van der Waals surface area contributed by atoms with E-state index in [-0.39, 0.29) is 11.9 Å². The summed E-state index contributed by atoms with van der Waals surface area (Å²) in [7, 11) is 1.64. The van der Waals surface area contributed by atoms with Crippen molar-refractivity contribution in [3.63, 3.8) is 0 Å². The van der Waals surface area contributed by atoms with Gasteiger partial charge in [-0.25, -0.2) is 4.98 Å². The number of para-hydroxylation sites is 1. The molecule has 0 fully saturated rings. The summed E-state index contributed by atoms with van der Waals surface area (Å²) in [5, 5.41) is 3.99. The number of methoxy groups -OCH3 is 1. The molecule has 4 aromatic rings. The van der Waals surface area contributed by atoms with E-state index in [1.807, 2.05) is 61.5 Å². The van der Waals surface area contributed by atoms with Gasteiger partial charge in [-0.1, -0.05) is 68.4 Å². The second-order valence-corrected chi connectivity index (χ2v) is 8.84. The van der Waals surface area contributed by atoms with E-state index in [0.29, 0.717) is 11.5 Å². The number of hydrogen-bond acceptors (Lipinski definition) is 3. The zero-order valence-electron chi connectivity index (χ0n) is 19.6. The zero-order chi connectivity index (χ0) is 23.4. The molecule has 1 atom stereocenters. The molecular formula is C29H30N2O2. The molecule has 1 heterocycles. The molecule has 0 aliphatic rings. The Bertz CT molecular complexity index is 1250. The first-order valence-corrected chi connectivity index (χ1v) is 11.4. The van der Waals surface area contributed by atoms with Crippen LogP contribution in [0.1, 0.15) is 48.3 Å². The lowest BCUT2D eigenvalue weighted by atomic mass is 9.99. The zero-order valence-corrected chi connectivity index (χ0v) is 19.6. The Morgan fingerprint density at radius 3 is 2.30 bits per heavy atom. The van der Waals surface area contributed by atoms with Gasteiger partial charge in [0.15, 0.2) is 0 Å². The van der Waals surface area contributed by atoms with Gasteiger partial charge in [-0.3, -0.25) is 4.79 Å². The molecular weight excluding hydrogens is 408 g/mol. The Labute approximate surface area is 195 Å². The van der Waals surface area contributed by atoms with Crippen molar-refractivity contribution in [2.24, 2.45) is 5.92 Å². The third kappa shape index (κ3) is 5.23. The lowest BCUT2D eigenvalue weighted by Gasteiger charge is -2.16. The third-order valence-electron chi connectivity index (χ3n) is 5.82. The van der Waals surface area contributed by atoms with Crippen LogP contribution in [-0.2, 0) is 6.42 Å². The van der Waals surface area contributed by atoms with Gasteiger partial charge in [-0.15, -0.1) is 0 Å². The predicted octanol–water partition coefficient (Wildman–Crippen LogP) is 6.60. The number of carbonyl (C=O) groups is 1. The second kappa shape index (κ2) is 9.86. The van der Waals surface area contributed by atoms with E-state index in [0.717, 1.165) is 39.9 Å². The monoisotopic (exact) mass is 438 g/mol. The molecule has 0 aliphatic carbocycles. The molecule has 4 rings (SSSR count). The Morgan fingerprint density at radius 1 is 0.939 bits per heavy atom. The topological polar surface area (TPSA) is 51.2 Å². The van der Waals surface area contributed by atoms with Crippen molar-refractivity contribution in [1.82, 2.24) is 10.3 Å². The van der Waals surface area contributed by atoms with Crippen LogP contribution >= 0.6 is 0 Å². The summed E-state index contributed by atoms with van der Waals surface area (Å²) in [6.45, 7) is 6.42. The standard InChI is InChI=1S/C29H30N2O2/c1-19(2)17-21-9-11-23(12-10-21)28-18-26(25-7-5-6-8-27(25)31-28)29(32)30-20(3)22-13-15-24(33-4)16-14-22/h5-16,18-20H,17H2,1-4H3,(H,30,32). The third-order valence-corrected chi connectivity index (χ3v) is 5.82. The summed E-state index contributed by atoms with van der Waals surface area (Å²) in [5.74, 6) is 1.29. The van der Waals surface area contributed by atoms with Gasteiger partial charge >= 0.3 is 0 Å². The minimum atomic E-state index is -0.144. The van der Waals surface area contributed by atoms with E-state index >= 15 is 0 Å². The molecule has 3 aromatic carbocycles. The molecule has 4 heteroatoms. The van der Waals surface area contributed by atoms with Gasteiger partial charge in [0.2, 0.25) is 0 Å². The Morgan fingerprint density at radius 2 is 1.64 bits per heavy atom. The number of ether oxygens (including phenoxy) is 1. The highest BCUT2D eigenvalue weighted by molar-refractivity contribution is 6.07. The smallest absolute Gasteiger partial charge is 0.252 e. The minimum absolute atomic E-state index is 0.116. The molecule has 0 bridgehead atoms. The van der Waals surface area contributed by atoms with Gasteiger partial charge in [-0.05, 0) is 54.7 Å². The van der Waals surface area contributed by atoms with Crippen LogP contribution in [0.15, 0.2) is 78.9 Å². The summed E-state index contributed by atoms with van der Waals surface area (Å²) >= 11 is 0. The Balaban J connectivity index is 1.65. The van der Waals surface area contributed by atoms with Gasteiger partial charge < -0.3 is 10.1 Å². The molecule has 0 saturated carbocycles. The lowest BCUT2D eigenvalue weighted by Crippen LogP contribution is -2.27. The molecule has 0 aliphatic heterocycles. The highest BCUT2D eigenvalue weighted by Gasteiger charge is 2.17. The molecule has 1 amide bonds. The maximum atomic E-state index is 13.4. The lowest BCUT2D eigenvalue weighted by molar-refractivity contribution is 0.0941. The van der Waals surface area contributed by atoms with Crippen molar-refractivity contribution < 1.29 is 9.53 Å². The molecule has 1 aromatic heterocycles. The Kier molecular flexibility index (Phi) is 6.74. The first-order valence-electron chi connectivity index (χ1n) is 11.4. The highest BCUT2D eigenvalue weighted by atomic mass is 16.5. The fourth-order valence-corrected chi connectivity index (χ4v) is 4.04. The van der Waals surface area contributed by atoms with E-state index in [1.54, 1.807) is 7.11 Å². The predicted molar refractivity (Wildman–Crippen MR) is 135 cm³/mol. The summed E-state index contributed by atoms with van der Waals surface area (Å²) in [4.78, 5) is 18.2. The van der Waals surface area contributed by atoms with Crippen LogP contribution in [-0.4, -0.2) is 18.0 Å². The molecule has 1 N–H and O–H groups in total. The van der Waals surface area contributed by atoms with Gasteiger partial charge in [0.25, 0.3) is 5.91 Å². The molecule has 0 radical (unpaired) electrons. The molecule has 4 nitrogen and oxygen atoms in total. The van der Waals surface area contributed by atoms with Gasteiger partial charge in [0, 0.05) is 10.9 Å². The van der Waals surface area contributed by atoms with E-state index in [2.05, 4.69) is 43.4 Å². The van der Waals surface area contributed by atoms with Crippen molar-refractivity contribution >= 4 is 16.8 Å². The minimum Gasteiger partial charge on any atom is -0.497 e. The number of nitrogens with one attached hydrogen (secondary N) is 1. The number of hydrogen-bond donors (Lipinski definition) is 1. The van der Waals surface area contributed by atoms with E-state index < -0.39 is 0 Å². The molecule has 0 saturated heterocycles. The molecule has 1 unspecified atom stereocenters. The number of benzene rings is 3. The maximum Gasteiger partial charge on any atom is 0.252 e. The largest absolute Gasteiger partial charge is 0.497 e. The number of rotatable bonds is 7. The van der Waals surface area contributed by atoms with E-state index in [1.165, 1.54) is 5.56 Å². The normalized spacial score (nSPS) is 12.0. The molecule has 0 spiro atoms. The average molecular weight is 439 g/mol. The maximum absolute atomic E-state index is 13.4. The van der Waals surface area contributed by atoms with E-state index in [9.17, 15) is 4.79 Å². The summed E-state index contributed by atoms with van der Waals surface area (Å²) in [6.07, 6.45) is 1.04. The number of fused-ring (bicyclic) bond motifs is 1. The van der Waals surface area contributed by atoms with Gasteiger partial charge in [-0.2, -0.15) is 0 Å². The first kappa shape index (κ1) is 22.5. The van der Waals surface area contributed by atoms with Gasteiger partial charge in [0.05, 0.1) is 29.9 Å². The van der Waals surface area contributed by atoms with Crippen LogP contribution in [0, 0.1) is 5.92 Å². The fourth-order valence-electron chi connectivity index (χ4n) is 4.04. The van der Waals surface area contributed by atoms with Crippen LogP contribution in [0.2, 0.25) is 0 Å². The molecule has 33 heavy (non-hydrogen) atoms. The van der Waals surface area contributed by atoms with Crippen LogP contribution in [0.4, 0.5) is 0 Å². The second-order valence-electron chi connectivity index (χ2n) is 8.84. The number of amides is 1. The van der Waals surface area contributed by atoms with Crippen LogP contribution in [0.5, 0.6) is 5.75 Å². The number of pyridine rings is 1. The molecule has 168 valence electrons. The van der Waals surface area contributed by atoms with Crippen molar-refractivity contribution in [3.05, 3.63) is 95.6 Å². The van der Waals surface area contributed by atoms with Crippen molar-refractivity contribution in [2.45, 2.75) is 33.2 Å². The number of nitrogens with zero attached hydrogens (tertiary/aromatic N) is 1. The number of aromatic nitrogens is 1. The average Bonchev–Trinajstić information content (AvgIpc) is 2.83. The SMILES string of the molecule is COc1ccc(C(C)NC(=O)c2cc(-c3ccc(CC(C)C)cc3)nc3ccccc23)cc1. The van der Waals surface area contributed by atoms with Crippen LogP contribution in [0.25, 0.3) is 22.2 Å². The summed E-state index contributed by atoms with van der Waals surface area (Å²) in [5.41, 5.74) is 5.56. The quantitative estimate of drug-likeness (QED) is 0.354. The van der Waals surface area contributed by atoms with Gasteiger partial charge in [0.1, 0.15) is 5.75 Å². The van der Waals surface area contributed by atoms with E-state index in [4.69, 9.17) is 9.72 Å². The summed E-state index contributed by atoms with van der Waals surface area (Å²) < 4.78 is 5.23.